The minimum absolute atomic E-state index is 0. The monoisotopic (exact) mass is 554 g/mol. The number of benzene rings is 2. The normalized spacial score (nSPS) is 13.9. The van der Waals surface area contributed by atoms with Gasteiger partial charge in [0, 0.05) is 44.4 Å². The molecule has 1 atom stereocenters. The molecule has 4 rings (SSSR count). The van der Waals surface area contributed by atoms with Crippen LogP contribution >= 0.6 is 12.4 Å². The molecule has 0 aliphatic heterocycles. The third kappa shape index (κ3) is 7.58. The summed E-state index contributed by atoms with van der Waals surface area (Å²) in [4.78, 5) is 34.5. The van der Waals surface area contributed by atoms with Crippen LogP contribution in [0.2, 0.25) is 0 Å². The first-order chi connectivity index (χ1) is 18.2. The summed E-state index contributed by atoms with van der Waals surface area (Å²) < 4.78 is 5.16. The molecule has 2 N–H and O–H groups in total. The van der Waals surface area contributed by atoms with Crippen LogP contribution in [0.15, 0.2) is 40.9 Å². The second-order valence-corrected chi connectivity index (χ2v) is 10.0. The van der Waals surface area contributed by atoms with Gasteiger partial charge in [-0.2, -0.15) is 4.98 Å². The number of nitrogens with zero attached hydrogens (tertiary/aromatic N) is 4. The van der Waals surface area contributed by atoms with Gasteiger partial charge < -0.3 is 25.0 Å². The molecule has 0 saturated carbocycles. The standard InChI is InChI=1S/C29H38N6O3.ClH/c1-6-30-11-12-31-27(36)17-35(26-16-23(10-8-20(26)3)29-32-21(4)38-33-29)18-28(37)34(5)25-14-22-9-7-19(2)13-24(22)15-25;/h7-10,13,16,25,30H,6,11-12,14-15,17-18H2,1-5H3,(H,31,36);1H. The summed E-state index contributed by atoms with van der Waals surface area (Å²) in [7, 11) is 1.87. The van der Waals surface area contributed by atoms with Crippen molar-refractivity contribution in [1.29, 1.82) is 0 Å². The lowest BCUT2D eigenvalue weighted by atomic mass is 10.1. The molecule has 0 radical (unpaired) electrons. The highest BCUT2D eigenvalue weighted by atomic mass is 35.5. The van der Waals surface area contributed by atoms with Crippen molar-refractivity contribution in [1.82, 2.24) is 25.7 Å². The van der Waals surface area contributed by atoms with Crippen molar-refractivity contribution in [2.24, 2.45) is 0 Å². The summed E-state index contributed by atoms with van der Waals surface area (Å²) in [5.74, 6) is 0.785. The van der Waals surface area contributed by atoms with Crippen LogP contribution in [0.5, 0.6) is 0 Å². The van der Waals surface area contributed by atoms with Crippen LogP contribution in [-0.2, 0) is 22.4 Å². The van der Waals surface area contributed by atoms with Crippen molar-refractivity contribution >= 4 is 29.9 Å². The van der Waals surface area contributed by atoms with E-state index >= 15 is 0 Å². The number of anilines is 1. The summed E-state index contributed by atoms with van der Waals surface area (Å²) in [6, 6.07) is 12.4. The number of likely N-dealkylation sites (N-methyl/N-ethyl adjacent to an activating group) is 2. The number of fused-ring (bicyclic) bond motifs is 1. The van der Waals surface area contributed by atoms with E-state index in [1.54, 1.807) is 6.92 Å². The Morgan fingerprint density at radius 3 is 2.51 bits per heavy atom. The van der Waals surface area contributed by atoms with Crippen molar-refractivity contribution in [3.63, 3.8) is 0 Å². The number of amides is 2. The predicted octanol–water partition coefficient (Wildman–Crippen LogP) is 3.24. The minimum atomic E-state index is -0.137. The largest absolute Gasteiger partial charge is 0.353 e. The van der Waals surface area contributed by atoms with Crippen LogP contribution in [-0.4, -0.2) is 72.7 Å². The van der Waals surface area contributed by atoms with Crippen LogP contribution in [0.3, 0.4) is 0 Å². The van der Waals surface area contributed by atoms with E-state index in [-0.39, 0.29) is 43.4 Å². The first-order valence-electron chi connectivity index (χ1n) is 13.2. The zero-order valence-electron chi connectivity index (χ0n) is 23.4. The van der Waals surface area contributed by atoms with Crippen molar-refractivity contribution < 1.29 is 14.1 Å². The smallest absolute Gasteiger partial charge is 0.242 e. The molecule has 0 saturated heterocycles. The summed E-state index contributed by atoms with van der Waals surface area (Å²) in [6.45, 7) is 10.0. The Labute approximate surface area is 236 Å². The number of halogens is 1. The molecule has 1 aliphatic carbocycles. The second-order valence-electron chi connectivity index (χ2n) is 10.0. The molecule has 1 unspecified atom stereocenters. The number of aryl methyl sites for hydroxylation is 3. The van der Waals surface area contributed by atoms with E-state index in [9.17, 15) is 9.59 Å². The molecule has 1 aliphatic rings. The molecule has 0 bridgehead atoms. The maximum atomic E-state index is 13.6. The molecular formula is C29H39ClN6O3. The highest BCUT2D eigenvalue weighted by Gasteiger charge is 2.29. The van der Waals surface area contributed by atoms with Gasteiger partial charge in [0.25, 0.3) is 0 Å². The maximum Gasteiger partial charge on any atom is 0.242 e. The average molecular weight is 555 g/mol. The van der Waals surface area contributed by atoms with E-state index in [2.05, 4.69) is 45.9 Å². The van der Waals surface area contributed by atoms with Gasteiger partial charge in [-0.3, -0.25) is 9.59 Å². The Hall–Kier alpha value is -3.43. The summed E-state index contributed by atoms with van der Waals surface area (Å²) in [5.41, 5.74) is 6.36. The second kappa shape index (κ2) is 13.6. The fraction of sp³-hybridized carbons (Fsp3) is 0.448. The summed E-state index contributed by atoms with van der Waals surface area (Å²) in [6.07, 6.45) is 1.68. The first-order valence-corrected chi connectivity index (χ1v) is 13.2. The fourth-order valence-corrected chi connectivity index (χ4v) is 4.90. The third-order valence-electron chi connectivity index (χ3n) is 7.08. The number of carbonyl (C=O) groups excluding carboxylic acids is 2. The van der Waals surface area contributed by atoms with E-state index < -0.39 is 0 Å². The van der Waals surface area contributed by atoms with Crippen LogP contribution in [0.4, 0.5) is 5.69 Å². The van der Waals surface area contributed by atoms with Gasteiger partial charge in [0.15, 0.2) is 0 Å². The van der Waals surface area contributed by atoms with Gasteiger partial charge in [0.05, 0.1) is 13.1 Å². The highest BCUT2D eigenvalue weighted by Crippen LogP contribution is 2.28. The van der Waals surface area contributed by atoms with Crippen LogP contribution in [0.1, 0.15) is 35.1 Å². The zero-order chi connectivity index (χ0) is 27.2. The molecule has 0 spiro atoms. The van der Waals surface area contributed by atoms with E-state index in [0.717, 1.165) is 36.2 Å². The quantitative estimate of drug-likeness (QED) is 0.351. The van der Waals surface area contributed by atoms with Gasteiger partial charge in [0.1, 0.15) is 0 Å². The molecule has 3 aromatic rings. The number of hydrogen-bond acceptors (Lipinski definition) is 7. The number of rotatable bonds is 11. The Morgan fingerprint density at radius 1 is 1.03 bits per heavy atom. The Kier molecular flexibility index (Phi) is 10.5. The Morgan fingerprint density at radius 2 is 1.79 bits per heavy atom. The first kappa shape index (κ1) is 30.1. The van der Waals surface area contributed by atoms with Gasteiger partial charge >= 0.3 is 0 Å². The van der Waals surface area contributed by atoms with Crippen molar-refractivity contribution in [2.45, 2.75) is 46.6 Å². The van der Waals surface area contributed by atoms with Gasteiger partial charge in [-0.15, -0.1) is 12.4 Å². The molecule has 1 heterocycles. The molecule has 1 aromatic heterocycles. The lowest BCUT2D eigenvalue weighted by molar-refractivity contribution is -0.130. The van der Waals surface area contributed by atoms with Gasteiger partial charge in [-0.05, 0) is 56.0 Å². The van der Waals surface area contributed by atoms with Gasteiger partial charge in [-0.25, -0.2) is 0 Å². The molecule has 39 heavy (non-hydrogen) atoms. The van der Waals surface area contributed by atoms with Gasteiger partial charge in [-0.1, -0.05) is 48.0 Å². The molecule has 0 fully saturated rings. The maximum absolute atomic E-state index is 13.6. The Balaban J connectivity index is 0.00000420. The van der Waals surface area contributed by atoms with Gasteiger partial charge in [0.2, 0.25) is 23.5 Å². The highest BCUT2D eigenvalue weighted by molar-refractivity contribution is 5.87. The van der Waals surface area contributed by atoms with E-state index in [1.165, 1.54) is 16.7 Å². The summed E-state index contributed by atoms with van der Waals surface area (Å²) in [5, 5.41) is 10.2. The zero-order valence-corrected chi connectivity index (χ0v) is 24.2. The van der Waals surface area contributed by atoms with E-state index in [0.29, 0.717) is 24.8 Å². The van der Waals surface area contributed by atoms with Crippen LogP contribution in [0, 0.1) is 20.8 Å². The number of aromatic nitrogens is 2. The average Bonchev–Trinajstić information content (AvgIpc) is 3.52. The number of nitrogens with one attached hydrogen (secondary N) is 2. The minimum Gasteiger partial charge on any atom is -0.353 e. The van der Waals surface area contributed by atoms with Crippen LogP contribution in [0.25, 0.3) is 11.4 Å². The van der Waals surface area contributed by atoms with Crippen LogP contribution < -0.4 is 15.5 Å². The Bertz CT molecular complexity index is 1290. The van der Waals surface area contributed by atoms with E-state index in [4.69, 9.17) is 4.52 Å². The lowest BCUT2D eigenvalue weighted by Gasteiger charge is -2.30. The fourth-order valence-electron chi connectivity index (χ4n) is 4.90. The number of hydrogen-bond donors (Lipinski definition) is 2. The SMILES string of the molecule is CCNCCNC(=O)CN(CC(=O)N(C)C1Cc2ccc(C)cc2C1)c1cc(-c2noc(C)n2)ccc1C.Cl. The topological polar surface area (TPSA) is 104 Å². The van der Waals surface area contributed by atoms with E-state index in [1.807, 2.05) is 48.9 Å². The number of carbonyl (C=O) groups is 2. The molecule has 10 heteroatoms. The third-order valence-corrected chi connectivity index (χ3v) is 7.08. The van der Waals surface area contributed by atoms with Crippen molar-refractivity contribution in [3.8, 4) is 11.4 Å². The van der Waals surface area contributed by atoms with Crippen molar-refractivity contribution in [3.05, 3.63) is 64.5 Å². The molecule has 2 amide bonds. The molecular weight excluding hydrogens is 516 g/mol. The summed E-state index contributed by atoms with van der Waals surface area (Å²) >= 11 is 0. The molecule has 9 nitrogen and oxygen atoms in total. The predicted molar refractivity (Wildman–Crippen MR) is 155 cm³/mol. The lowest BCUT2D eigenvalue weighted by Crippen LogP contribution is -2.47. The molecule has 2 aromatic carbocycles. The molecule has 210 valence electrons. The van der Waals surface area contributed by atoms with Crippen molar-refractivity contribution in [2.75, 3.05) is 44.7 Å².